The van der Waals surface area contributed by atoms with E-state index in [2.05, 4.69) is 5.32 Å². The van der Waals surface area contributed by atoms with Gasteiger partial charge in [0.2, 0.25) is 0 Å². The zero-order chi connectivity index (χ0) is 11.7. The molecule has 0 saturated carbocycles. The molecular formula is C9H18F3NO2. The third-order valence-corrected chi connectivity index (χ3v) is 1.69. The first-order valence-electron chi connectivity index (χ1n) is 4.82. The second-order valence-electron chi connectivity index (χ2n) is 3.29. The van der Waals surface area contributed by atoms with E-state index in [1.807, 2.05) is 6.92 Å². The normalized spacial score (nSPS) is 14.2. The summed E-state index contributed by atoms with van der Waals surface area (Å²) in [4.78, 5) is 0. The highest BCUT2D eigenvalue weighted by molar-refractivity contribution is 4.58. The molecule has 6 heteroatoms. The van der Waals surface area contributed by atoms with Crippen LogP contribution in [0.4, 0.5) is 13.2 Å². The molecule has 0 saturated heterocycles. The van der Waals surface area contributed by atoms with Crippen molar-refractivity contribution in [3.05, 3.63) is 0 Å². The monoisotopic (exact) mass is 229 g/mol. The Balaban J connectivity index is 3.18. The van der Waals surface area contributed by atoms with E-state index in [9.17, 15) is 13.2 Å². The van der Waals surface area contributed by atoms with Gasteiger partial charge >= 0.3 is 6.18 Å². The molecule has 0 amide bonds. The Hall–Kier alpha value is -0.330. The highest BCUT2D eigenvalue weighted by Crippen LogP contribution is 2.18. The second-order valence-corrected chi connectivity index (χ2v) is 3.29. The average molecular weight is 229 g/mol. The number of rotatable bonds is 8. The molecule has 0 fully saturated rings. The summed E-state index contributed by atoms with van der Waals surface area (Å²) in [5, 5.41) is 3.05. The summed E-state index contributed by atoms with van der Waals surface area (Å²) in [5.41, 5.74) is 0. The maximum Gasteiger partial charge on any atom is 0.391 e. The molecule has 3 nitrogen and oxygen atoms in total. The van der Waals surface area contributed by atoms with Gasteiger partial charge in [0.25, 0.3) is 0 Å². The molecule has 1 N–H and O–H groups in total. The van der Waals surface area contributed by atoms with Crippen LogP contribution in [0.2, 0.25) is 0 Å². The predicted octanol–water partition coefficient (Wildman–Crippen LogP) is 1.58. The van der Waals surface area contributed by atoms with Gasteiger partial charge in [-0.2, -0.15) is 13.2 Å². The highest BCUT2D eigenvalue weighted by atomic mass is 19.4. The van der Waals surface area contributed by atoms with Crippen molar-refractivity contribution >= 4 is 0 Å². The van der Waals surface area contributed by atoms with Crippen LogP contribution in [0.1, 0.15) is 13.3 Å². The van der Waals surface area contributed by atoms with Crippen LogP contribution in [0.15, 0.2) is 0 Å². The summed E-state index contributed by atoms with van der Waals surface area (Å²) in [6.07, 6.45) is -5.02. The maximum atomic E-state index is 11.7. The van der Waals surface area contributed by atoms with Gasteiger partial charge in [-0.15, -0.1) is 0 Å². The van der Waals surface area contributed by atoms with Crippen molar-refractivity contribution in [3.8, 4) is 0 Å². The van der Waals surface area contributed by atoms with Crippen molar-refractivity contribution in [1.82, 2.24) is 5.32 Å². The molecule has 0 heterocycles. The van der Waals surface area contributed by atoms with Gasteiger partial charge in [0.1, 0.15) is 0 Å². The van der Waals surface area contributed by atoms with E-state index in [1.165, 1.54) is 0 Å². The van der Waals surface area contributed by atoms with Crippen molar-refractivity contribution in [3.63, 3.8) is 0 Å². The standard InChI is InChI=1S/C9H18F3NO2/c1-8(7-14-2)13-4-6-15-5-3-9(10,11)12/h8,13H,3-7H2,1-2H3. The summed E-state index contributed by atoms with van der Waals surface area (Å²) in [6, 6.07) is 0.182. The van der Waals surface area contributed by atoms with E-state index in [-0.39, 0.29) is 19.3 Å². The maximum absolute atomic E-state index is 11.7. The Morgan fingerprint density at radius 1 is 1.27 bits per heavy atom. The Kier molecular flexibility index (Phi) is 7.72. The van der Waals surface area contributed by atoms with Crippen molar-refractivity contribution in [1.29, 1.82) is 0 Å². The molecule has 0 aliphatic carbocycles. The molecule has 0 aliphatic rings. The minimum absolute atomic E-state index is 0.182. The summed E-state index contributed by atoms with van der Waals surface area (Å²) in [5.74, 6) is 0. The Bertz CT molecular complexity index is 153. The number of alkyl halides is 3. The molecule has 0 aromatic carbocycles. The molecule has 0 aromatic heterocycles. The van der Waals surface area contributed by atoms with Gasteiger partial charge in [-0.05, 0) is 6.92 Å². The highest BCUT2D eigenvalue weighted by Gasteiger charge is 2.26. The van der Waals surface area contributed by atoms with Crippen LogP contribution in [0.3, 0.4) is 0 Å². The molecule has 0 rings (SSSR count). The summed E-state index contributed by atoms with van der Waals surface area (Å²) >= 11 is 0. The molecule has 0 radical (unpaired) electrons. The minimum atomic E-state index is -4.13. The van der Waals surface area contributed by atoms with E-state index in [4.69, 9.17) is 9.47 Å². The Labute approximate surface area is 87.9 Å². The zero-order valence-electron chi connectivity index (χ0n) is 9.06. The first-order valence-corrected chi connectivity index (χ1v) is 4.82. The first kappa shape index (κ1) is 14.7. The SMILES string of the molecule is COCC(C)NCCOCCC(F)(F)F. The lowest BCUT2D eigenvalue weighted by molar-refractivity contribution is -0.145. The molecule has 1 atom stereocenters. The fourth-order valence-electron chi connectivity index (χ4n) is 0.976. The fraction of sp³-hybridized carbons (Fsp3) is 1.00. The van der Waals surface area contributed by atoms with E-state index in [0.29, 0.717) is 13.2 Å². The number of hydrogen-bond donors (Lipinski definition) is 1. The van der Waals surface area contributed by atoms with Gasteiger partial charge in [0.05, 0.1) is 26.2 Å². The summed E-state index contributed by atoms with van der Waals surface area (Å²) < 4.78 is 44.7. The van der Waals surface area contributed by atoms with Crippen LogP contribution in [0.5, 0.6) is 0 Å². The smallest absolute Gasteiger partial charge is 0.383 e. The fourth-order valence-corrected chi connectivity index (χ4v) is 0.976. The van der Waals surface area contributed by atoms with Crippen molar-refractivity contribution in [2.45, 2.75) is 25.6 Å². The van der Waals surface area contributed by atoms with E-state index in [1.54, 1.807) is 7.11 Å². The molecule has 15 heavy (non-hydrogen) atoms. The quantitative estimate of drug-likeness (QED) is 0.641. The largest absolute Gasteiger partial charge is 0.391 e. The molecule has 0 aliphatic heterocycles. The van der Waals surface area contributed by atoms with Crippen LogP contribution >= 0.6 is 0 Å². The van der Waals surface area contributed by atoms with Gasteiger partial charge < -0.3 is 14.8 Å². The predicted molar refractivity (Wildman–Crippen MR) is 50.8 cm³/mol. The lowest BCUT2D eigenvalue weighted by Gasteiger charge is -2.12. The first-order chi connectivity index (χ1) is 6.95. The molecule has 92 valence electrons. The van der Waals surface area contributed by atoms with E-state index < -0.39 is 12.6 Å². The number of halogens is 3. The lowest BCUT2D eigenvalue weighted by atomic mass is 10.3. The average Bonchev–Trinajstić information content (AvgIpc) is 2.09. The number of nitrogens with one attached hydrogen (secondary N) is 1. The number of methoxy groups -OCH3 is 1. The van der Waals surface area contributed by atoms with Gasteiger partial charge in [-0.25, -0.2) is 0 Å². The number of hydrogen-bond acceptors (Lipinski definition) is 3. The molecule has 0 aromatic rings. The third-order valence-electron chi connectivity index (χ3n) is 1.69. The topological polar surface area (TPSA) is 30.5 Å². The lowest BCUT2D eigenvalue weighted by Crippen LogP contribution is -2.33. The van der Waals surface area contributed by atoms with Crippen LogP contribution in [-0.2, 0) is 9.47 Å². The second kappa shape index (κ2) is 7.90. The Morgan fingerprint density at radius 3 is 2.47 bits per heavy atom. The zero-order valence-corrected chi connectivity index (χ0v) is 9.06. The molecular weight excluding hydrogens is 211 g/mol. The summed E-state index contributed by atoms with van der Waals surface area (Å²) in [6.45, 7) is 3.04. The van der Waals surface area contributed by atoms with Crippen LogP contribution < -0.4 is 5.32 Å². The summed E-state index contributed by atoms with van der Waals surface area (Å²) in [7, 11) is 1.60. The van der Waals surface area contributed by atoms with Crippen molar-refractivity contribution in [2.24, 2.45) is 0 Å². The van der Waals surface area contributed by atoms with Gasteiger partial charge in [-0.3, -0.25) is 0 Å². The third kappa shape index (κ3) is 11.6. The van der Waals surface area contributed by atoms with Crippen LogP contribution in [0, 0.1) is 0 Å². The molecule has 0 spiro atoms. The van der Waals surface area contributed by atoms with Gasteiger partial charge in [-0.1, -0.05) is 0 Å². The van der Waals surface area contributed by atoms with Gasteiger partial charge in [0.15, 0.2) is 0 Å². The van der Waals surface area contributed by atoms with E-state index >= 15 is 0 Å². The Morgan fingerprint density at radius 2 is 1.93 bits per heavy atom. The number of ether oxygens (including phenoxy) is 2. The molecule has 0 bridgehead atoms. The van der Waals surface area contributed by atoms with E-state index in [0.717, 1.165) is 0 Å². The molecule has 1 unspecified atom stereocenters. The minimum Gasteiger partial charge on any atom is -0.383 e. The van der Waals surface area contributed by atoms with Crippen molar-refractivity contribution in [2.75, 3.05) is 33.5 Å². The van der Waals surface area contributed by atoms with Gasteiger partial charge in [0, 0.05) is 19.7 Å². The van der Waals surface area contributed by atoms with Crippen LogP contribution in [-0.4, -0.2) is 45.7 Å². The van der Waals surface area contributed by atoms with Crippen LogP contribution in [0.25, 0.3) is 0 Å². The van der Waals surface area contributed by atoms with Crippen molar-refractivity contribution < 1.29 is 22.6 Å².